The van der Waals surface area contributed by atoms with Gasteiger partial charge in [0.1, 0.15) is 12.4 Å². The lowest BCUT2D eigenvalue weighted by atomic mass is 10.2. The van der Waals surface area contributed by atoms with Gasteiger partial charge in [-0.15, -0.1) is 10.2 Å². The maximum atomic E-state index is 12.1. The quantitative estimate of drug-likeness (QED) is 0.358. The van der Waals surface area contributed by atoms with Crippen LogP contribution in [0.1, 0.15) is 15.4 Å². The molecule has 1 heterocycles. The zero-order valence-corrected chi connectivity index (χ0v) is 18.7. The van der Waals surface area contributed by atoms with Crippen LogP contribution in [0.3, 0.4) is 0 Å². The summed E-state index contributed by atoms with van der Waals surface area (Å²) in [4.78, 5) is 23.5. The zero-order chi connectivity index (χ0) is 21.5. The van der Waals surface area contributed by atoms with Gasteiger partial charge in [-0.1, -0.05) is 46.3 Å². The van der Waals surface area contributed by atoms with E-state index in [-0.39, 0.29) is 18.3 Å². The lowest BCUT2D eigenvalue weighted by molar-refractivity contribution is -0.113. The molecule has 11 heteroatoms. The number of thioether (sulfide) groups is 1. The van der Waals surface area contributed by atoms with Gasteiger partial charge in [0, 0.05) is 10.7 Å². The van der Waals surface area contributed by atoms with Gasteiger partial charge in [-0.05, 0) is 42.5 Å². The molecule has 0 saturated heterocycles. The van der Waals surface area contributed by atoms with Crippen LogP contribution >= 0.6 is 46.3 Å². The Balaban J connectivity index is 1.46. The first-order valence-corrected chi connectivity index (χ1v) is 11.0. The number of aromatic nitrogens is 2. The van der Waals surface area contributed by atoms with Crippen LogP contribution in [0.25, 0.3) is 0 Å². The number of halogens is 2. The molecule has 0 saturated carbocycles. The average molecular weight is 484 g/mol. The monoisotopic (exact) mass is 483 g/mol. The first-order chi connectivity index (χ1) is 14.4. The van der Waals surface area contributed by atoms with Crippen molar-refractivity contribution in [1.82, 2.24) is 10.2 Å². The summed E-state index contributed by atoms with van der Waals surface area (Å²) in [6.07, 6.45) is 0. The molecule has 7 nitrogen and oxygen atoms in total. The van der Waals surface area contributed by atoms with Crippen molar-refractivity contribution >= 4 is 63.9 Å². The number of carbonyl (C=O) groups is 2. The standard InChI is InChI=1S/C19H15Cl2N3O4S2/c1-27-18(26)11-2-5-13(6-3-11)22-16(25)10-29-19-24-23-17(30-19)9-28-15-7-4-12(20)8-14(15)21/h2-8H,9-10H2,1H3,(H,22,25). The molecule has 0 bridgehead atoms. The van der Waals surface area contributed by atoms with Crippen LogP contribution in [0.4, 0.5) is 5.69 Å². The number of anilines is 1. The van der Waals surface area contributed by atoms with Gasteiger partial charge in [0.05, 0.1) is 23.4 Å². The highest BCUT2D eigenvalue weighted by molar-refractivity contribution is 8.01. The number of hydrogen-bond donors (Lipinski definition) is 1. The highest BCUT2D eigenvalue weighted by atomic mass is 35.5. The topological polar surface area (TPSA) is 90.4 Å². The fourth-order valence-corrected chi connectivity index (χ4v) is 4.29. The number of hydrogen-bond acceptors (Lipinski definition) is 8. The van der Waals surface area contributed by atoms with E-state index in [1.165, 1.54) is 30.2 Å². The molecule has 1 N–H and O–H groups in total. The van der Waals surface area contributed by atoms with Crippen molar-refractivity contribution in [3.8, 4) is 5.75 Å². The molecule has 1 aromatic heterocycles. The van der Waals surface area contributed by atoms with Crippen molar-refractivity contribution in [1.29, 1.82) is 0 Å². The second-order valence-electron chi connectivity index (χ2n) is 5.73. The lowest BCUT2D eigenvalue weighted by Gasteiger charge is -2.06. The number of amides is 1. The van der Waals surface area contributed by atoms with Crippen molar-refractivity contribution in [2.75, 3.05) is 18.2 Å². The Hall–Kier alpha value is -2.33. The van der Waals surface area contributed by atoms with E-state index >= 15 is 0 Å². The molecule has 156 valence electrons. The molecular weight excluding hydrogens is 469 g/mol. The number of ether oxygens (including phenoxy) is 2. The van der Waals surface area contributed by atoms with Crippen LogP contribution in [0, 0.1) is 0 Å². The smallest absolute Gasteiger partial charge is 0.337 e. The summed E-state index contributed by atoms with van der Waals surface area (Å²) in [5.74, 6) is 0.0321. The minimum absolute atomic E-state index is 0.164. The second kappa shape index (κ2) is 10.6. The highest BCUT2D eigenvalue weighted by Gasteiger charge is 2.11. The molecule has 0 aliphatic heterocycles. The van der Waals surface area contributed by atoms with Crippen LogP contribution in [0.5, 0.6) is 5.75 Å². The third-order valence-electron chi connectivity index (χ3n) is 3.61. The van der Waals surface area contributed by atoms with E-state index < -0.39 is 5.97 Å². The molecule has 0 radical (unpaired) electrons. The lowest BCUT2D eigenvalue weighted by Crippen LogP contribution is -2.14. The molecule has 0 fully saturated rings. The number of esters is 1. The molecule has 3 rings (SSSR count). The van der Waals surface area contributed by atoms with Crippen LogP contribution in [-0.2, 0) is 16.1 Å². The summed E-state index contributed by atoms with van der Waals surface area (Å²) in [6, 6.07) is 11.4. The normalized spacial score (nSPS) is 10.5. The Morgan fingerprint density at radius 2 is 1.90 bits per heavy atom. The molecule has 0 spiro atoms. The zero-order valence-electron chi connectivity index (χ0n) is 15.6. The van der Waals surface area contributed by atoms with Crippen LogP contribution in [0.2, 0.25) is 10.0 Å². The highest BCUT2D eigenvalue weighted by Crippen LogP contribution is 2.29. The summed E-state index contributed by atoms with van der Waals surface area (Å²) in [5.41, 5.74) is 0.993. The van der Waals surface area contributed by atoms with Gasteiger partial charge in [-0.3, -0.25) is 4.79 Å². The van der Waals surface area contributed by atoms with Gasteiger partial charge in [-0.25, -0.2) is 4.79 Å². The van der Waals surface area contributed by atoms with Crippen molar-refractivity contribution in [2.24, 2.45) is 0 Å². The van der Waals surface area contributed by atoms with Gasteiger partial charge in [0.15, 0.2) is 9.35 Å². The van der Waals surface area contributed by atoms with E-state index in [0.29, 0.717) is 36.4 Å². The number of carbonyl (C=O) groups excluding carboxylic acids is 2. The van der Waals surface area contributed by atoms with Crippen molar-refractivity contribution in [3.63, 3.8) is 0 Å². The van der Waals surface area contributed by atoms with Crippen LogP contribution in [0.15, 0.2) is 46.8 Å². The van der Waals surface area contributed by atoms with Gasteiger partial charge >= 0.3 is 5.97 Å². The Bertz CT molecular complexity index is 1040. The Morgan fingerprint density at radius 3 is 2.60 bits per heavy atom. The molecule has 30 heavy (non-hydrogen) atoms. The third-order valence-corrected chi connectivity index (χ3v) is 6.17. The van der Waals surface area contributed by atoms with E-state index in [1.807, 2.05) is 0 Å². The molecule has 0 atom stereocenters. The van der Waals surface area contributed by atoms with Crippen molar-refractivity contribution < 1.29 is 19.1 Å². The predicted molar refractivity (Wildman–Crippen MR) is 118 cm³/mol. The van der Waals surface area contributed by atoms with Crippen molar-refractivity contribution in [2.45, 2.75) is 10.9 Å². The predicted octanol–water partition coefficient (Wildman–Crippen LogP) is 4.94. The SMILES string of the molecule is COC(=O)c1ccc(NC(=O)CSc2nnc(COc3ccc(Cl)cc3Cl)s2)cc1. The average Bonchev–Trinajstić information content (AvgIpc) is 3.19. The van der Waals surface area contributed by atoms with Crippen LogP contribution < -0.4 is 10.1 Å². The summed E-state index contributed by atoms with van der Waals surface area (Å²) in [7, 11) is 1.31. The number of methoxy groups -OCH3 is 1. The van der Waals surface area contributed by atoms with Crippen molar-refractivity contribution in [3.05, 3.63) is 63.1 Å². The third kappa shape index (κ3) is 6.33. The minimum Gasteiger partial charge on any atom is -0.485 e. The van der Waals surface area contributed by atoms with Gasteiger partial charge in [-0.2, -0.15) is 0 Å². The molecular formula is C19H15Cl2N3O4S2. The molecule has 0 unspecified atom stereocenters. The molecule has 0 aliphatic rings. The summed E-state index contributed by atoms with van der Waals surface area (Å²) >= 11 is 14.5. The Labute approximate surface area is 190 Å². The fourth-order valence-electron chi connectivity index (χ4n) is 2.22. The molecule has 0 aliphatic carbocycles. The maximum absolute atomic E-state index is 12.1. The van der Waals surface area contributed by atoms with Gasteiger partial charge in [0.25, 0.3) is 0 Å². The number of benzene rings is 2. The molecule has 3 aromatic rings. The minimum atomic E-state index is -0.433. The molecule has 1 amide bonds. The number of rotatable bonds is 8. The van der Waals surface area contributed by atoms with E-state index in [2.05, 4.69) is 20.3 Å². The van der Waals surface area contributed by atoms with E-state index in [4.69, 9.17) is 27.9 Å². The number of nitrogens with zero attached hydrogens (tertiary/aromatic N) is 2. The summed E-state index contributed by atoms with van der Waals surface area (Å²) in [5, 5.41) is 12.5. The maximum Gasteiger partial charge on any atom is 0.337 e. The van der Waals surface area contributed by atoms with E-state index in [0.717, 1.165) is 0 Å². The Kier molecular flexibility index (Phi) is 7.92. The second-order valence-corrected chi connectivity index (χ2v) is 8.86. The fraction of sp³-hybridized carbons (Fsp3) is 0.158. The number of nitrogens with one attached hydrogen (secondary N) is 1. The molecule has 2 aromatic carbocycles. The first-order valence-electron chi connectivity index (χ1n) is 8.46. The summed E-state index contributed by atoms with van der Waals surface area (Å²) in [6.45, 7) is 0.207. The van der Waals surface area contributed by atoms with Crippen LogP contribution in [-0.4, -0.2) is 34.9 Å². The van der Waals surface area contributed by atoms with E-state index in [1.54, 1.807) is 42.5 Å². The Morgan fingerprint density at radius 1 is 1.13 bits per heavy atom. The van der Waals surface area contributed by atoms with Gasteiger partial charge < -0.3 is 14.8 Å². The van der Waals surface area contributed by atoms with Gasteiger partial charge in [0.2, 0.25) is 5.91 Å². The first kappa shape index (κ1) is 22.4. The summed E-state index contributed by atoms with van der Waals surface area (Å²) < 4.78 is 10.9. The van der Waals surface area contributed by atoms with E-state index in [9.17, 15) is 9.59 Å². The largest absolute Gasteiger partial charge is 0.485 e.